The molecular formula is C24H23FN2O2S. The molecule has 30 heavy (non-hydrogen) atoms. The fraction of sp³-hybridized carbons (Fsp3) is 0.333. The number of rotatable bonds is 2. The maximum Gasteiger partial charge on any atom is 0.269 e. The van der Waals surface area contributed by atoms with Gasteiger partial charge >= 0.3 is 0 Å². The molecule has 154 valence electrons. The average Bonchev–Trinajstić information content (AvgIpc) is 3.17. The standard InChI is InChI=1S/C24H23FN2O2S/c1-5-15-10-18-14(2)12-23(3,4)27-21(18)19(11-15)24(22(27)29)26(20(28)13-30-24)17-8-6-16(25)7-9-17/h6-12H,5,13H2,1-4H3/t24-/m0/s1. The number of carbonyl (C=O) groups excluding carboxylic acids is 2. The summed E-state index contributed by atoms with van der Waals surface area (Å²) in [5.41, 5.74) is 5.10. The van der Waals surface area contributed by atoms with Crippen LogP contribution in [0.4, 0.5) is 15.8 Å². The van der Waals surface area contributed by atoms with Crippen LogP contribution in [0.25, 0.3) is 5.57 Å². The number of aryl methyl sites for hydroxylation is 1. The zero-order valence-electron chi connectivity index (χ0n) is 17.5. The first-order valence-electron chi connectivity index (χ1n) is 10.1. The molecule has 6 heteroatoms. The Bertz CT molecular complexity index is 1140. The van der Waals surface area contributed by atoms with E-state index in [1.54, 1.807) is 17.0 Å². The van der Waals surface area contributed by atoms with Gasteiger partial charge in [-0.2, -0.15) is 0 Å². The molecule has 2 aromatic rings. The summed E-state index contributed by atoms with van der Waals surface area (Å²) in [5, 5.41) is 0. The van der Waals surface area contributed by atoms with Crippen molar-refractivity contribution in [2.75, 3.05) is 15.6 Å². The summed E-state index contributed by atoms with van der Waals surface area (Å²) in [7, 11) is 0. The summed E-state index contributed by atoms with van der Waals surface area (Å²) in [6.45, 7) is 8.22. The molecule has 3 aliphatic heterocycles. The number of anilines is 2. The van der Waals surface area contributed by atoms with Crippen molar-refractivity contribution in [3.05, 3.63) is 65.0 Å². The molecule has 0 radical (unpaired) electrons. The molecule has 0 unspecified atom stereocenters. The highest BCUT2D eigenvalue weighted by atomic mass is 32.2. The quantitative estimate of drug-likeness (QED) is 0.694. The van der Waals surface area contributed by atoms with Gasteiger partial charge in [-0.3, -0.25) is 19.4 Å². The van der Waals surface area contributed by atoms with Gasteiger partial charge in [0.2, 0.25) is 10.8 Å². The van der Waals surface area contributed by atoms with Crippen LogP contribution in [-0.4, -0.2) is 23.1 Å². The molecule has 5 rings (SSSR count). The van der Waals surface area contributed by atoms with Crippen LogP contribution in [0, 0.1) is 5.82 Å². The fourth-order valence-electron chi connectivity index (χ4n) is 5.03. The lowest BCUT2D eigenvalue weighted by Crippen LogP contribution is -2.54. The number of fused-ring (bicyclic) bond motifs is 1. The highest BCUT2D eigenvalue weighted by Crippen LogP contribution is 2.60. The summed E-state index contributed by atoms with van der Waals surface area (Å²) in [5.74, 6) is -0.422. The predicted octanol–water partition coefficient (Wildman–Crippen LogP) is 4.86. The molecule has 1 saturated heterocycles. The van der Waals surface area contributed by atoms with Crippen molar-refractivity contribution in [3.8, 4) is 0 Å². The van der Waals surface area contributed by atoms with E-state index in [2.05, 4.69) is 32.1 Å². The Morgan fingerprint density at radius 3 is 2.47 bits per heavy atom. The Hall–Kier alpha value is -2.60. The normalized spacial score (nSPS) is 24.0. The van der Waals surface area contributed by atoms with Gasteiger partial charge in [0, 0.05) is 16.8 Å². The molecule has 0 aromatic heterocycles. The Balaban J connectivity index is 1.83. The molecule has 2 amide bonds. The molecule has 0 N–H and O–H groups in total. The molecule has 3 heterocycles. The van der Waals surface area contributed by atoms with Gasteiger partial charge < -0.3 is 0 Å². The molecule has 0 aliphatic carbocycles. The lowest BCUT2D eigenvalue weighted by atomic mass is 9.87. The summed E-state index contributed by atoms with van der Waals surface area (Å²) in [6, 6.07) is 10.1. The molecule has 1 fully saturated rings. The Kier molecular flexibility index (Phi) is 4.00. The van der Waals surface area contributed by atoms with Crippen molar-refractivity contribution in [3.63, 3.8) is 0 Å². The van der Waals surface area contributed by atoms with Gasteiger partial charge in [-0.15, -0.1) is 11.8 Å². The van der Waals surface area contributed by atoms with E-state index in [0.717, 1.165) is 34.4 Å². The van der Waals surface area contributed by atoms with Crippen LogP contribution in [0.15, 0.2) is 42.5 Å². The zero-order valence-corrected chi connectivity index (χ0v) is 18.3. The molecule has 3 aliphatic rings. The van der Waals surface area contributed by atoms with Crippen LogP contribution in [0.1, 0.15) is 44.4 Å². The van der Waals surface area contributed by atoms with E-state index in [1.807, 2.05) is 18.7 Å². The van der Waals surface area contributed by atoms with Crippen molar-refractivity contribution in [2.24, 2.45) is 0 Å². The van der Waals surface area contributed by atoms with Crippen LogP contribution in [-0.2, 0) is 20.9 Å². The number of benzene rings is 2. The Labute approximate surface area is 179 Å². The molecular weight excluding hydrogens is 399 g/mol. The van der Waals surface area contributed by atoms with E-state index >= 15 is 0 Å². The van der Waals surface area contributed by atoms with Crippen molar-refractivity contribution >= 4 is 40.5 Å². The second kappa shape index (κ2) is 6.20. The average molecular weight is 423 g/mol. The Morgan fingerprint density at radius 1 is 1.10 bits per heavy atom. The van der Waals surface area contributed by atoms with Crippen molar-refractivity contribution < 1.29 is 14.0 Å². The minimum atomic E-state index is -1.17. The number of amides is 2. The molecule has 1 atom stereocenters. The van der Waals surface area contributed by atoms with E-state index in [-0.39, 0.29) is 23.4 Å². The largest absolute Gasteiger partial charge is 0.299 e. The summed E-state index contributed by atoms with van der Waals surface area (Å²) < 4.78 is 13.6. The second-order valence-corrected chi connectivity index (χ2v) is 9.82. The summed E-state index contributed by atoms with van der Waals surface area (Å²) in [6.07, 6.45) is 2.95. The van der Waals surface area contributed by atoms with Crippen LogP contribution in [0.5, 0.6) is 0 Å². The third-order valence-corrected chi connectivity index (χ3v) is 7.67. The Morgan fingerprint density at radius 2 is 1.80 bits per heavy atom. The number of nitrogens with zero attached hydrogens (tertiary/aromatic N) is 2. The fourth-order valence-corrected chi connectivity index (χ4v) is 6.35. The summed E-state index contributed by atoms with van der Waals surface area (Å²) >= 11 is 1.36. The molecule has 0 bridgehead atoms. The highest BCUT2D eigenvalue weighted by Gasteiger charge is 2.64. The van der Waals surface area contributed by atoms with Crippen molar-refractivity contribution in [1.82, 2.24) is 0 Å². The minimum Gasteiger partial charge on any atom is -0.299 e. The number of allylic oxidation sites excluding steroid dienone is 1. The van der Waals surface area contributed by atoms with E-state index in [0.29, 0.717) is 5.69 Å². The third kappa shape index (κ3) is 2.34. The van der Waals surface area contributed by atoms with Gasteiger partial charge in [-0.05, 0) is 74.7 Å². The van der Waals surface area contributed by atoms with Crippen LogP contribution in [0.2, 0.25) is 0 Å². The molecule has 4 nitrogen and oxygen atoms in total. The van der Waals surface area contributed by atoms with Crippen molar-refractivity contribution in [1.29, 1.82) is 0 Å². The monoisotopic (exact) mass is 422 g/mol. The minimum absolute atomic E-state index is 0.110. The van der Waals surface area contributed by atoms with E-state index in [4.69, 9.17) is 0 Å². The topological polar surface area (TPSA) is 40.6 Å². The first-order valence-corrected chi connectivity index (χ1v) is 11.1. The van der Waals surface area contributed by atoms with Crippen LogP contribution in [0.3, 0.4) is 0 Å². The predicted molar refractivity (Wildman–Crippen MR) is 119 cm³/mol. The van der Waals surface area contributed by atoms with E-state index in [9.17, 15) is 14.0 Å². The lowest BCUT2D eigenvalue weighted by Gasteiger charge is -2.40. The van der Waals surface area contributed by atoms with Gasteiger partial charge in [0.05, 0.1) is 17.0 Å². The number of carbonyl (C=O) groups is 2. The number of hydrogen-bond acceptors (Lipinski definition) is 3. The van der Waals surface area contributed by atoms with E-state index in [1.165, 1.54) is 23.9 Å². The van der Waals surface area contributed by atoms with Gasteiger partial charge in [0.1, 0.15) is 5.82 Å². The zero-order chi connectivity index (χ0) is 21.4. The van der Waals surface area contributed by atoms with Crippen LogP contribution >= 0.6 is 11.8 Å². The number of thioether (sulfide) groups is 1. The van der Waals surface area contributed by atoms with Gasteiger partial charge in [-0.1, -0.05) is 13.0 Å². The molecule has 2 aromatic carbocycles. The third-order valence-electron chi connectivity index (χ3n) is 6.28. The SMILES string of the molecule is CCc1cc2c3c(c1)[C@]1(SCC(=O)N1c1ccc(F)cc1)C(=O)N3C(C)(C)C=C2C. The first-order chi connectivity index (χ1) is 14.2. The second-order valence-electron chi connectivity index (χ2n) is 8.65. The van der Waals surface area contributed by atoms with Gasteiger partial charge in [0.15, 0.2) is 0 Å². The highest BCUT2D eigenvalue weighted by molar-refractivity contribution is 8.02. The molecule has 1 spiro atoms. The van der Waals surface area contributed by atoms with Crippen molar-refractivity contribution in [2.45, 2.75) is 44.5 Å². The first kappa shape index (κ1) is 19.4. The van der Waals surface area contributed by atoms with Gasteiger partial charge in [-0.25, -0.2) is 4.39 Å². The van der Waals surface area contributed by atoms with Crippen LogP contribution < -0.4 is 9.80 Å². The summed E-state index contributed by atoms with van der Waals surface area (Å²) in [4.78, 5) is 29.5. The number of halogens is 1. The lowest BCUT2D eigenvalue weighted by molar-refractivity contribution is -0.124. The maximum absolute atomic E-state index is 14.1. The maximum atomic E-state index is 14.1. The molecule has 0 saturated carbocycles. The smallest absolute Gasteiger partial charge is 0.269 e. The van der Waals surface area contributed by atoms with Gasteiger partial charge in [0.25, 0.3) is 5.91 Å². The van der Waals surface area contributed by atoms with E-state index < -0.39 is 10.4 Å². The number of hydrogen-bond donors (Lipinski definition) is 0.